The van der Waals surface area contributed by atoms with Crippen molar-refractivity contribution in [3.8, 4) is 0 Å². The van der Waals surface area contributed by atoms with Crippen molar-refractivity contribution in [2.45, 2.75) is 50.3 Å². The van der Waals surface area contributed by atoms with Gasteiger partial charge in [-0.15, -0.1) is 0 Å². The van der Waals surface area contributed by atoms with Crippen LogP contribution in [0.4, 0.5) is 5.69 Å². The fourth-order valence-corrected chi connectivity index (χ4v) is 3.66. The molecule has 1 amide bonds. The molecule has 0 saturated heterocycles. The number of aryl methyl sites for hydroxylation is 1. The molecule has 116 valence electrons. The quantitative estimate of drug-likeness (QED) is 0.895. The Balaban J connectivity index is 2.04. The van der Waals surface area contributed by atoms with E-state index in [1.807, 2.05) is 0 Å². The highest BCUT2D eigenvalue weighted by atomic mass is 32.2. The third kappa shape index (κ3) is 4.54. The van der Waals surface area contributed by atoms with Crippen molar-refractivity contribution in [2.24, 2.45) is 11.1 Å². The average molecular weight is 310 g/mol. The first-order chi connectivity index (χ1) is 9.86. The van der Waals surface area contributed by atoms with Gasteiger partial charge in [0, 0.05) is 12.1 Å². The van der Waals surface area contributed by atoms with Crippen molar-refractivity contribution < 1.29 is 13.2 Å². The van der Waals surface area contributed by atoms with Gasteiger partial charge in [0.15, 0.2) is 0 Å². The Labute approximate surface area is 126 Å². The number of benzene rings is 1. The molecule has 1 fully saturated rings. The minimum Gasteiger partial charge on any atom is -0.326 e. The van der Waals surface area contributed by atoms with Crippen molar-refractivity contribution in [2.75, 3.05) is 5.32 Å². The summed E-state index contributed by atoms with van der Waals surface area (Å²) in [7, 11) is -3.77. The van der Waals surface area contributed by atoms with Crippen molar-refractivity contribution in [3.63, 3.8) is 0 Å². The van der Waals surface area contributed by atoms with Gasteiger partial charge < -0.3 is 5.32 Å². The van der Waals surface area contributed by atoms with Gasteiger partial charge in [-0.2, -0.15) is 0 Å². The Morgan fingerprint density at radius 2 is 1.95 bits per heavy atom. The highest BCUT2D eigenvalue weighted by Crippen LogP contribution is 2.27. The molecule has 3 N–H and O–H groups in total. The normalized spacial score (nSPS) is 16.7. The van der Waals surface area contributed by atoms with Crippen molar-refractivity contribution in [3.05, 3.63) is 23.8 Å². The van der Waals surface area contributed by atoms with Crippen LogP contribution in [0.15, 0.2) is 23.1 Å². The SMILES string of the molecule is Cc1ccc(NC(=O)CC2CCCCC2)cc1S(N)(=O)=O. The third-order valence-electron chi connectivity index (χ3n) is 3.98. The van der Waals surface area contributed by atoms with E-state index in [0.29, 0.717) is 23.6 Å². The minimum atomic E-state index is -3.77. The van der Waals surface area contributed by atoms with E-state index < -0.39 is 10.0 Å². The van der Waals surface area contributed by atoms with Gasteiger partial charge in [-0.25, -0.2) is 13.6 Å². The molecule has 1 aliphatic rings. The zero-order chi connectivity index (χ0) is 15.5. The summed E-state index contributed by atoms with van der Waals surface area (Å²) in [5, 5.41) is 7.94. The van der Waals surface area contributed by atoms with Crippen LogP contribution >= 0.6 is 0 Å². The molecule has 0 aromatic heterocycles. The molecule has 1 aromatic carbocycles. The van der Waals surface area contributed by atoms with Crippen LogP contribution < -0.4 is 10.5 Å². The van der Waals surface area contributed by atoms with Crippen LogP contribution in [-0.4, -0.2) is 14.3 Å². The zero-order valence-electron chi connectivity index (χ0n) is 12.3. The molecule has 21 heavy (non-hydrogen) atoms. The summed E-state index contributed by atoms with van der Waals surface area (Å²) in [4.78, 5) is 12.1. The Hall–Kier alpha value is -1.40. The molecule has 1 aliphatic carbocycles. The number of amides is 1. The zero-order valence-corrected chi connectivity index (χ0v) is 13.1. The van der Waals surface area contributed by atoms with E-state index in [2.05, 4.69) is 5.32 Å². The first kappa shape index (κ1) is 16.0. The standard InChI is InChI=1S/C15H22N2O3S/c1-11-7-8-13(10-14(11)21(16,19)20)17-15(18)9-12-5-3-2-4-6-12/h7-8,10,12H,2-6,9H2,1H3,(H,17,18)(H2,16,19,20). The maximum atomic E-state index is 12.0. The van der Waals surface area contributed by atoms with Crippen LogP contribution in [0.3, 0.4) is 0 Å². The number of nitrogens with one attached hydrogen (secondary N) is 1. The lowest BCUT2D eigenvalue weighted by Crippen LogP contribution is -2.19. The maximum absolute atomic E-state index is 12.0. The van der Waals surface area contributed by atoms with Crippen molar-refractivity contribution in [1.29, 1.82) is 0 Å². The van der Waals surface area contributed by atoms with Crippen LogP contribution in [-0.2, 0) is 14.8 Å². The average Bonchev–Trinajstić information content (AvgIpc) is 2.41. The molecule has 1 saturated carbocycles. The predicted octanol–water partition coefficient (Wildman–Crippen LogP) is 2.55. The van der Waals surface area contributed by atoms with E-state index in [0.717, 1.165) is 12.8 Å². The number of sulfonamides is 1. The number of anilines is 1. The van der Waals surface area contributed by atoms with E-state index in [9.17, 15) is 13.2 Å². The van der Waals surface area contributed by atoms with Gasteiger partial charge in [-0.1, -0.05) is 25.3 Å². The lowest BCUT2D eigenvalue weighted by molar-refractivity contribution is -0.117. The number of primary sulfonamides is 1. The topological polar surface area (TPSA) is 89.3 Å². The Morgan fingerprint density at radius 3 is 2.57 bits per heavy atom. The molecule has 6 heteroatoms. The van der Waals surface area contributed by atoms with Crippen LogP contribution in [0.2, 0.25) is 0 Å². The summed E-state index contributed by atoms with van der Waals surface area (Å²) >= 11 is 0. The first-order valence-corrected chi connectivity index (χ1v) is 8.84. The van der Waals surface area contributed by atoms with E-state index in [1.165, 1.54) is 25.3 Å². The predicted molar refractivity (Wildman–Crippen MR) is 82.4 cm³/mol. The number of carbonyl (C=O) groups excluding carboxylic acids is 1. The molecule has 0 bridgehead atoms. The summed E-state index contributed by atoms with van der Waals surface area (Å²) in [6.07, 6.45) is 6.34. The van der Waals surface area contributed by atoms with Crippen LogP contribution in [0, 0.1) is 12.8 Å². The Morgan fingerprint density at radius 1 is 1.29 bits per heavy atom. The van der Waals surface area contributed by atoms with E-state index in [-0.39, 0.29) is 10.8 Å². The lowest BCUT2D eigenvalue weighted by Gasteiger charge is -2.20. The molecule has 0 spiro atoms. The molecule has 0 unspecified atom stereocenters. The van der Waals surface area contributed by atoms with Crippen LogP contribution in [0.5, 0.6) is 0 Å². The van der Waals surface area contributed by atoms with Gasteiger partial charge in [-0.3, -0.25) is 4.79 Å². The number of carbonyl (C=O) groups is 1. The second-order valence-electron chi connectivity index (χ2n) is 5.78. The highest BCUT2D eigenvalue weighted by molar-refractivity contribution is 7.89. The molecular formula is C15H22N2O3S. The second-order valence-corrected chi connectivity index (χ2v) is 7.31. The molecule has 0 aliphatic heterocycles. The number of hydrogen-bond donors (Lipinski definition) is 2. The molecular weight excluding hydrogens is 288 g/mol. The summed E-state index contributed by atoms with van der Waals surface area (Å²) in [6, 6.07) is 4.77. The monoisotopic (exact) mass is 310 g/mol. The minimum absolute atomic E-state index is 0.0537. The molecule has 2 rings (SSSR count). The smallest absolute Gasteiger partial charge is 0.238 e. The Kier molecular flexibility index (Phi) is 5.00. The van der Waals surface area contributed by atoms with Crippen LogP contribution in [0.25, 0.3) is 0 Å². The lowest BCUT2D eigenvalue weighted by atomic mass is 9.87. The second kappa shape index (κ2) is 6.58. The highest BCUT2D eigenvalue weighted by Gasteiger charge is 2.18. The van der Waals surface area contributed by atoms with E-state index in [4.69, 9.17) is 5.14 Å². The van der Waals surface area contributed by atoms with Gasteiger partial charge >= 0.3 is 0 Å². The van der Waals surface area contributed by atoms with Crippen LogP contribution in [0.1, 0.15) is 44.1 Å². The van der Waals surface area contributed by atoms with Gasteiger partial charge in [0.25, 0.3) is 0 Å². The number of rotatable bonds is 4. The molecule has 0 heterocycles. The summed E-state index contributed by atoms with van der Waals surface area (Å²) in [5.74, 6) is 0.382. The molecule has 0 atom stereocenters. The van der Waals surface area contributed by atoms with Gasteiger partial charge in [0.2, 0.25) is 15.9 Å². The number of nitrogens with two attached hydrogens (primary N) is 1. The molecule has 1 aromatic rings. The number of hydrogen-bond acceptors (Lipinski definition) is 3. The van der Waals surface area contributed by atoms with Crippen molar-refractivity contribution in [1.82, 2.24) is 0 Å². The fourth-order valence-electron chi connectivity index (χ4n) is 2.85. The maximum Gasteiger partial charge on any atom is 0.238 e. The summed E-state index contributed by atoms with van der Waals surface area (Å²) < 4.78 is 22.9. The third-order valence-corrected chi connectivity index (χ3v) is 5.03. The Bertz CT molecular complexity index is 620. The summed E-state index contributed by atoms with van der Waals surface area (Å²) in [6.45, 7) is 1.67. The largest absolute Gasteiger partial charge is 0.326 e. The van der Waals surface area contributed by atoms with E-state index in [1.54, 1.807) is 19.1 Å². The van der Waals surface area contributed by atoms with Gasteiger partial charge in [0.1, 0.15) is 0 Å². The van der Waals surface area contributed by atoms with Crippen molar-refractivity contribution >= 4 is 21.6 Å². The van der Waals surface area contributed by atoms with Gasteiger partial charge in [-0.05, 0) is 43.4 Å². The van der Waals surface area contributed by atoms with Gasteiger partial charge in [0.05, 0.1) is 4.90 Å². The fraction of sp³-hybridized carbons (Fsp3) is 0.533. The van der Waals surface area contributed by atoms with E-state index >= 15 is 0 Å². The molecule has 5 nitrogen and oxygen atoms in total. The summed E-state index contributed by atoms with van der Waals surface area (Å²) in [5.41, 5.74) is 1.05. The molecule has 0 radical (unpaired) electrons. The first-order valence-electron chi connectivity index (χ1n) is 7.29.